The number of nitrogens with zero attached hydrogens (tertiary/aromatic N) is 1. The molecule has 5 rings (SSSR count). The number of benzene rings is 2. The number of carbonyl (C=O) groups is 1. The van der Waals surface area contributed by atoms with Crippen LogP contribution in [0.15, 0.2) is 48.6 Å². The zero-order valence-corrected chi connectivity index (χ0v) is 14.2. The molecule has 1 aromatic heterocycles. The molecule has 3 N–H and O–H groups in total. The standard InChI is InChI=1S/C21H18N2O3/c1-11(24)22-16-8-9-17(15-5-3-2-4-14(15)16)23-20(25)18-12-6-7-13(10-12)19(18)21(23)26/h2-9,12-13,25-26H,10H2,1H3,(H,22,24)/t12-,13+. The van der Waals surface area contributed by atoms with E-state index >= 15 is 0 Å². The van der Waals surface area contributed by atoms with E-state index in [-0.39, 0.29) is 29.5 Å². The molecule has 0 radical (unpaired) electrons. The number of aromatic nitrogens is 1. The summed E-state index contributed by atoms with van der Waals surface area (Å²) in [7, 11) is 0. The lowest BCUT2D eigenvalue weighted by Crippen LogP contribution is -2.07. The minimum absolute atomic E-state index is 0.104. The van der Waals surface area contributed by atoms with Crippen LogP contribution in [-0.4, -0.2) is 20.7 Å². The van der Waals surface area contributed by atoms with Gasteiger partial charge in [-0.2, -0.15) is 0 Å². The van der Waals surface area contributed by atoms with Crippen molar-refractivity contribution in [2.75, 3.05) is 5.32 Å². The van der Waals surface area contributed by atoms with Crippen LogP contribution in [0.3, 0.4) is 0 Å². The summed E-state index contributed by atoms with van der Waals surface area (Å²) in [6.07, 6.45) is 5.14. The molecule has 0 unspecified atom stereocenters. The van der Waals surface area contributed by atoms with Gasteiger partial charge in [-0.3, -0.25) is 9.36 Å². The highest BCUT2D eigenvalue weighted by molar-refractivity contribution is 6.04. The van der Waals surface area contributed by atoms with E-state index in [1.165, 1.54) is 11.5 Å². The number of amides is 1. The molecule has 2 aromatic carbocycles. The average Bonchev–Trinajstić information content (AvgIpc) is 3.30. The predicted molar refractivity (Wildman–Crippen MR) is 100 cm³/mol. The van der Waals surface area contributed by atoms with E-state index in [4.69, 9.17) is 0 Å². The first kappa shape index (κ1) is 15.1. The number of hydrogen-bond acceptors (Lipinski definition) is 3. The molecule has 1 heterocycles. The Morgan fingerprint density at radius 3 is 2.23 bits per heavy atom. The molecule has 2 aliphatic carbocycles. The zero-order chi connectivity index (χ0) is 18.0. The molecule has 0 spiro atoms. The lowest BCUT2D eigenvalue weighted by atomic mass is 10.0. The molecule has 1 amide bonds. The van der Waals surface area contributed by atoms with Crippen LogP contribution in [0.2, 0.25) is 0 Å². The van der Waals surface area contributed by atoms with E-state index < -0.39 is 0 Å². The Kier molecular flexibility index (Phi) is 2.98. The number of carbonyl (C=O) groups excluding carboxylic acids is 1. The van der Waals surface area contributed by atoms with Crippen LogP contribution in [-0.2, 0) is 4.79 Å². The minimum Gasteiger partial charge on any atom is -0.494 e. The Labute approximate surface area is 150 Å². The van der Waals surface area contributed by atoms with Gasteiger partial charge in [0, 0.05) is 46.3 Å². The third-order valence-corrected chi connectivity index (χ3v) is 5.47. The molecular formula is C21H18N2O3. The SMILES string of the molecule is CC(=O)Nc1ccc(-n2c(O)c3c(c2O)[C@H]2C=C[C@@H]3C2)c2ccccc12. The van der Waals surface area contributed by atoms with E-state index in [1.807, 2.05) is 30.3 Å². The average molecular weight is 346 g/mol. The maximum atomic E-state index is 11.5. The van der Waals surface area contributed by atoms with Crippen LogP contribution in [0.4, 0.5) is 5.69 Å². The van der Waals surface area contributed by atoms with Crippen molar-refractivity contribution in [3.8, 4) is 17.4 Å². The van der Waals surface area contributed by atoms with Crippen molar-refractivity contribution in [1.82, 2.24) is 4.57 Å². The maximum Gasteiger partial charge on any atom is 0.221 e. The molecule has 2 bridgehead atoms. The molecule has 0 aliphatic heterocycles. The van der Waals surface area contributed by atoms with E-state index in [2.05, 4.69) is 17.5 Å². The first-order chi connectivity index (χ1) is 12.6. The molecule has 0 saturated heterocycles. The molecule has 5 nitrogen and oxygen atoms in total. The molecule has 5 heteroatoms. The van der Waals surface area contributed by atoms with Gasteiger partial charge in [-0.25, -0.2) is 0 Å². The van der Waals surface area contributed by atoms with Gasteiger partial charge in [0.15, 0.2) is 0 Å². The van der Waals surface area contributed by atoms with E-state index in [1.54, 1.807) is 6.07 Å². The van der Waals surface area contributed by atoms with Gasteiger partial charge in [-0.15, -0.1) is 0 Å². The zero-order valence-electron chi connectivity index (χ0n) is 14.2. The van der Waals surface area contributed by atoms with Crippen molar-refractivity contribution in [2.45, 2.75) is 25.2 Å². The molecule has 130 valence electrons. The van der Waals surface area contributed by atoms with Crippen molar-refractivity contribution in [1.29, 1.82) is 0 Å². The van der Waals surface area contributed by atoms with Gasteiger partial charge in [0.1, 0.15) is 0 Å². The molecule has 0 fully saturated rings. The van der Waals surface area contributed by atoms with E-state index in [0.29, 0.717) is 11.4 Å². The lowest BCUT2D eigenvalue weighted by Gasteiger charge is -2.15. The largest absolute Gasteiger partial charge is 0.494 e. The van der Waals surface area contributed by atoms with Crippen molar-refractivity contribution in [3.63, 3.8) is 0 Å². The predicted octanol–water partition coefficient (Wildman–Crippen LogP) is 4.14. The van der Waals surface area contributed by atoms with Gasteiger partial charge in [0.25, 0.3) is 0 Å². The highest BCUT2D eigenvalue weighted by Gasteiger charge is 2.41. The molecule has 2 atom stereocenters. The highest BCUT2D eigenvalue weighted by atomic mass is 16.3. The number of anilines is 1. The summed E-state index contributed by atoms with van der Waals surface area (Å²) < 4.78 is 1.52. The number of rotatable bonds is 2. The number of hydrogen-bond donors (Lipinski definition) is 3. The second-order valence-corrected chi connectivity index (χ2v) is 7.00. The van der Waals surface area contributed by atoms with Crippen molar-refractivity contribution in [3.05, 3.63) is 59.7 Å². The fraction of sp³-hybridized carbons (Fsp3) is 0.190. The van der Waals surface area contributed by atoms with Gasteiger partial charge >= 0.3 is 0 Å². The summed E-state index contributed by atoms with van der Waals surface area (Å²) in [5.74, 6) is 0.411. The van der Waals surface area contributed by atoms with Gasteiger partial charge in [0.2, 0.25) is 17.7 Å². The minimum atomic E-state index is -0.142. The van der Waals surface area contributed by atoms with E-state index in [0.717, 1.165) is 28.3 Å². The Morgan fingerprint density at radius 1 is 1.00 bits per heavy atom. The van der Waals surface area contributed by atoms with Crippen LogP contribution in [0.5, 0.6) is 11.8 Å². The summed E-state index contributed by atoms with van der Waals surface area (Å²) in [5.41, 5.74) is 3.07. The van der Waals surface area contributed by atoms with Crippen LogP contribution in [0, 0.1) is 0 Å². The van der Waals surface area contributed by atoms with Crippen LogP contribution < -0.4 is 5.32 Å². The number of aromatic hydroxyl groups is 2. The van der Waals surface area contributed by atoms with Crippen molar-refractivity contribution >= 4 is 22.4 Å². The molecule has 2 aliphatic rings. The van der Waals surface area contributed by atoms with Gasteiger partial charge < -0.3 is 15.5 Å². The smallest absolute Gasteiger partial charge is 0.221 e. The topological polar surface area (TPSA) is 74.5 Å². The Hall–Kier alpha value is -3.21. The number of allylic oxidation sites excluding steroid dienone is 2. The third-order valence-electron chi connectivity index (χ3n) is 5.47. The van der Waals surface area contributed by atoms with Crippen molar-refractivity contribution < 1.29 is 15.0 Å². The molecule has 3 aromatic rings. The van der Waals surface area contributed by atoms with Crippen molar-refractivity contribution in [2.24, 2.45) is 0 Å². The number of fused-ring (bicyclic) bond motifs is 6. The Balaban J connectivity index is 1.76. The van der Waals surface area contributed by atoms with Gasteiger partial charge in [-0.05, 0) is 18.6 Å². The quantitative estimate of drug-likeness (QED) is 0.611. The normalized spacial score (nSPS) is 19.9. The summed E-state index contributed by atoms with van der Waals surface area (Å²) in [5, 5.41) is 26.3. The molecule has 26 heavy (non-hydrogen) atoms. The summed E-state index contributed by atoms with van der Waals surface area (Å²) in [6.45, 7) is 1.47. The Morgan fingerprint density at radius 2 is 1.62 bits per heavy atom. The first-order valence-electron chi connectivity index (χ1n) is 8.70. The van der Waals surface area contributed by atoms with Crippen LogP contribution in [0.1, 0.15) is 36.3 Å². The molecular weight excluding hydrogens is 328 g/mol. The number of nitrogens with one attached hydrogen (secondary N) is 1. The Bertz CT molecular complexity index is 1070. The first-order valence-corrected chi connectivity index (χ1v) is 8.70. The third kappa shape index (κ3) is 1.88. The van der Waals surface area contributed by atoms with E-state index in [9.17, 15) is 15.0 Å². The summed E-state index contributed by atoms with van der Waals surface area (Å²) in [4.78, 5) is 11.5. The monoisotopic (exact) mass is 346 g/mol. The van der Waals surface area contributed by atoms with Crippen LogP contribution >= 0.6 is 0 Å². The van der Waals surface area contributed by atoms with Gasteiger partial charge in [0.05, 0.1) is 5.69 Å². The second kappa shape index (κ2) is 5.14. The fourth-order valence-corrected chi connectivity index (χ4v) is 4.45. The maximum absolute atomic E-state index is 11.5. The highest BCUT2D eigenvalue weighted by Crippen LogP contribution is 2.57. The summed E-state index contributed by atoms with van der Waals surface area (Å²) >= 11 is 0. The molecule has 0 saturated carbocycles. The van der Waals surface area contributed by atoms with Gasteiger partial charge in [-0.1, -0.05) is 36.4 Å². The fourth-order valence-electron chi connectivity index (χ4n) is 4.45. The lowest BCUT2D eigenvalue weighted by molar-refractivity contribution is -0.114. The van der Waals surface area contributed by atoms with Crippen LogP contribution in [0.25, 0.3) is 16.5 Å². The summed E-state index contributed by atoms with van der Waals surface area (Å²) in [6, 6.07) is 11.3. The second-order valence-electron chi connectivity index (χ2n) is 7.00.